The number of thioether (sulfide) groups is 1. The zero-order valence-electron chi connectivity index (χ0n) is 10.3. The topological polar surface area (TPSA) is 32.3 Å². The number of nitrogens with zero attached hydrogens (tertiary/aromatic N) is 1. The molecule has 3 atom stereocenters. The summed E-state index contributed by atoms with van der Waals surface area (Å²) in [6.45, 7) is 9.11. The Morgan fingerprint density at radius 3 is 2.67 bits per heavy atom. The Balaban J connectivity index is 2.71. The van der Waals surface area contributed by atoms with Crippen LogP contribution in [0.2, 0.25) is 0 Å². The summed E-state index contributed by atoms with van der Waals surface area (Å²) >= 11 is 1.80. The van der Waals surface area contributed by atoms with Crippen LogP contribution in [0.5, 0.6) is 0 Å². The molecule has 4 heteroatoms. The molecule has 1 fully saturated rings. The molecule has 0 bridgehead atoms. The molecule has 1 aliphatic heterocycles. The molecule has 0 spiro atoms. The number of carbonyl (C=O) groups excluding carboxylic acids is 1. The summed E-state index contributed by atoms with van der Waals surface area (Å²) in [5.74, 6) is 0.249. The van der Waals surface area contributed by atoms with Gasteiger partial charge >= 0.3 is 0 Å². The van der Waals surface area contributed by atoms with Crippen LogP contribution in [-0.4, -0.2) is 40.6 Å². The van der Waals surface area contributed by atoms with E-state index in [-0.39, 0.29) is 17.6 Å². The standard InChI is InChI=1S/C11H22N2OS/c1-6-11(4)10(14)13(9(3)12-11)7-8(2)15-5/h8-9,12H,6-7H2,1-5H3. The highest BCUT2D eigenvalue weighted by Crippen LogP contribution is 2.24. The Morgan fingerprint density at radius 2 is 2.27 bits per heavy atom. The van der Waals surface area contributed by atoms with Crippen molar-refractivity contribution < 1.29 is 4.79 Å². The number of hydrogen-bond donors (Lipinski definition) is 1. The minimum atomic E-state index is -0.350. The molecule has 1 aliphatic rings. The Hall–Kier alpha value is -0.220. The minimum Gasteiger partial charge on any atom is -0.325 e. The number of hydrogen-bond acceptors (Lipinski definition) is 3. The molecule has 0 radical (unpaired) electrons. The number of amides is 1. The first-order valence-corrected chi connectivity index (χ1v) is 6.85. The van der Waals surface area contributed by atoms with Crippen molar-refractivity contribution in [2.75, 3.05) is 12.8 Å². The van der Waals surface area contributed by atoms with Crippen molar-refractivity contribution in [3.63, 3.8) is 0 Å². The zero-order valence-corrected chi connectivity index (χ0v) is 11.1. The third-order valence-corrected chi connectivity index (χ3v) is 4.24. The van der Waals surface area contributed by atoms with E-state index in [1.165, 1.54) is 0 Å². The van der Waals surface area contributed by atoms with Crippen LogP contribution in [-0.2, 0) is 4.79 Å². The van der Waals surface area contributed by atoms with Gasteiger partial charge < -0.3 is 4.90 Å². The molecule has 3 unspecified atom stereocenters. The van der Waals surface area contributed by atoms with Crippen LogP contribution in [0.25, 0.3) is 0 Å². The van der Waals surface area contributed by atoms with Crippen LogP contribution in [0, 0.1) is 0 Å². The molecule has 1 saturated heterocycles. The van der Waals surface area contributed by atoms with Gasteiger partial charge in [-0.25, -0.2) is 0 Å². The fourth-order valence-corrected chi connectivity index (χ4v) is 2.25. The average Bonchev–Trinajstić information content (AvgIpc) is 2.42. The molecule has 0 aliphatic carbocycles. The second-order valence-corrected chi connectivity index (χ2v) is 5.79. The molecule has 1 heterocycles. The molecular formula is C11H22N2OS. The molecule has 3 nitrogen and oxygen atoms in total. The molecule has 1 amide bonds. The summed E-state index contributed by atoms with van der Waals surface area (Å²) < 4.78 is 0. The van der Waals surface area contributed by atoms with Crippen LogP contribution < -0.4 is 5.32 Å². The molecule has 0 aromatic carbocycles. The highest BCUT2D eigenvalue weighted by molar-refractivity contribution is 7.99. The quantitative estimate of drug-likeness (QED) is 0.797. The maximum absolute atomic E-state index is 12.2. The smallest absolute Gasteiger partial charge is 0.243 e. The van der Waals surface area contributed by atoms with E-state index in [2.05, 4.69) is 32.3 Å². The third kappa shape index (κ3) is 2.48. The fraction of sp³-hybridized carbons (Fsp3) is 0.909. The van der Waals surface area contributed by atoms with E-state index >= 15 is 0 Å². The van der Waals surface area contributed by atoms with Gasteiger partial charge in [-0.3, -0.25) is 10.1 Å². The lowest BCUT2D eigenvalue weighted by molar-refractivity contribution is -0.132. The van der Waals surface area contributed by atoms with Gasteiger partial charge in [0.2, 0.25) is 5.91 Å². The number of carbonyl (C=O) groups is 1. The highest BCUT2D eigenvalue weighted by Gasteiger charge is 2.44. The second-order valence-electron chi connectivity index (χ2n) is 4.51. The fourth-order valence-electron chi connectivity index (χ4n) is 1.94. The van der Waals surface area contributed by atoms with Gasteiger partial charge in [-0.1, -0.05) is 13.8 Å². The van der Waals surface area contributed by atoms with Gasteiger partial charge in [0, 0.05) is 11.8 Å². The van der Waals surface area contributed by atoms with Crippen molar-refractivity contribution in [1.29, 1.82) is 0 Å². The third-order valence-electron chi connectivity index (χ3n) is 3.29. The van der Waals surface area contributed by atoms with Crippen molar-refractivity contribution >= 4 is 17.7 Å². The minimum absolute atomic E-state index is 0.164. The first-order valence-electron chi connectivity index (χ1n) is 5.56. The maximum Gasteiger partial charge on any atom is 0.243 e. The lowest BCUT2D eigenvalue weighted by Crippen LogP contribution is -2.43. The maximum atomic E-state index is 12.2. The summed E-state index contributed by atoms with van der Waals surface area (Å²) in [5.41, 5.74) is -0.350. The lowest BCUT2D eigenvalue weighted by atomic mass is 9.99. The normalized spacial score (nSPS) is 33.5. The predicted molar refractivity (Wildman–Crippen MR) is 66.0 cm³/mol. The molecule has 1 rings (SSSR count). The lowest BCUT2D eigenvalue weighted by Gasteiger charge is -2.24. The van der Waals surface area contributed by atoms with Gasteiger partial charge in [-0.05, 0) is 26.5 Å². The Labute approximate surface area is 97.0 Å². The predicted octanol–water partition coefficient (Wildman–Crippen LogP) is 1.68. The summed E-state index contributed by atoms with van der Waals surface area (Å²) in [6, 6.07) is 0. The molecule has 0 aromatic heterocycles. The van der Waals surface area contributed by atoms with Crippen molar-refractivity contribution in [2.45, 2.75) is 51.1 Å². The number of nitrogens with one attached hydrogen (secondary N) is 1. The van der Waals surface area contributed by atoms with E-state index in [1.54, 1.807) is 11.8 Å². The Morgan fingerprint density at radius 1 is 1.67 bits per heavy atom. The molecule has 0 aromatic rings. The summed E-state index contributed by atoms with van der Waals surface area (Å²) in [6.07, 6.45) is 3.10. The Bertz CT molecular complexity index is 247. The first kappa shape index (κ1) is 12.8. The first-order chi connectivity index (χ1) is 6.94. The van der Waals surface area contributed by atoms with Crippen LogP contribution >= 0.6 is 11.8 Å². The summed E-state index contributed by atoms with van der Waals surface area (Å²) in [4.78, 5) is 14.1. The Kier molecular flexibility index (Phi) is 4.06. The van der Waals surface area contributed by atoms with Crippen LogP contribution in [0.1, 0.15) is 34.1 Å². The average molecular weight is 230 g/mol. The molecular weight excluding hydrogens is 208 g/mol. The van der Waals surface area contributed by atoms with E-state index in [1.807, 2.05) is 11.8 Å². The van der Waals surface area contributed by atoms with Crippen LogP contribution in [0.15, 0.2) is 0 Å². The number of rotatable bonds is 4. The zero-order chi connectivity index (χ0) is 11.6. The van der Waals surface area contributed by atoms with Crippen molar-refractivity contribution in [3.05, 3.63) is 0 Å². The SMILES string of the molecule is CCC1(C)NC(C)N(CC(C)SC)C1=O. The van der Waals surface area contributed by atoms with E-state index in [4.69, 9.17) is 0 Å². The van der Waals surface area contributed by atoms with Gasteiger partial charge in [0.15, 0.2) is 0 Å². The van der Waals surface area contributed by atoms with Crippen molar-refractivity contribution in [1.82, 2.24) is 10.2 Å². The van der Waals surface area contributed by atoms with Gasteiger partial charge in [0.05, 0.1) is 11.7 Å². The van der Waals surface area contributed by atoms with Crippen molar-refractivity contribution in [2.24, 2.45) is 0 Å². The van der Waals surface area contributed by atoms with Gasteiger partial charge in [0.1, 0.15) is 0 Å². The van der Waals surface area contributed by atoms with E-state index < -0.39 is 0 Å². The van der Waals surface area contributed by atoms with Gasteiger partial charge in [0.25, 0.3) is 0 Å². The van der Waals surface area contributed by atoms with E-state index in [9.17, 15) is 4.79 Å². The monoisotopic (exact) mass is 230 g/mol. The second kappa shape index (κ2) is 4.74. The molecule has 15 heavy (non-hydrogen) atoms. The van der Waals surface area contributed by atoms with E-state index in [0.717, 1.165) is 13.0 Å². The van der Waals surface area contributed by atoms with Crippen LogP contribution in [0.3, 0.4) is 0 Å². The summed E-state index contributed by atoms with van der Waals surface area (Å²) in [7, 11) is 0. The van der Waals surface area contributed by atoms with Crippen LogP contribution in [0.4, 0.5) is 0 Å². The summed E-state index contributed by atoms with van der Waals surface area (Å²) in [5, 5.41) is 3.87. The van der Waals surface area contributed by atoms with Crippen molar-refractivity contribution in [3.8, 4) is 0 Å². The van der Waals surface area contributed by atoms with Gasteiger partial charge in [-0.2, -0.15) is 11.8 Å². The molecule has 88 valence electrons. The highest BCUT2D eigenvalue weighted by atomic mass is 32.2. The largest absolute Gasteiger partial charge is 0.325 e. The van der Waals surface area contributed by atoms with Gasteiger partial charge in [-0.15, -0.1) is 0 Å². The molecule has 0 saturated carbocycles. The van der Waals surface area contributed by atoms with E-state index in [0.29, 0.717) is 5.25 Å². The molecule has 1 N–H and O–H groups in total.